The van der Waals surface area contributed by atoms with E-state index in [1.165, 1.54) is 0 Å². The summed E-state index contributed by atoms with van der Waals surface area (Å²) in [5.41, 5.74) is 15.5. The summed E-state index contributed by atoms with van der Waals surface area (Å²) in [6.07, 6.45) is 0.945. The Kier molecular flexibility index (Phi) is 11.3. The van der Waals surface area contributed by atoms with Crippen molar-refractivity contribution < 1.29 is 29.1 Å². The third-order valence-electron chi connectivity index (χ3n) is 3.25. The first-order valence-corrected chi connectivity index (χ1v) is 7.98. The minimum absolute atomic E-state index is 0.297. The highest BCUT2D eigenvalue weighted by Crippen LogP contribution is 2.01. The number of unbranched alkanes of at least 4 members (excludes halogenated alkanes) is 1. The van der Waals surface area contributed by atoms with E-state index in [2.05, 4.69) is 16.0 Å². The van der Waals surface area contributed by atoms with Crippen molar-refractivity contribution in [3.8, 4) is 0 Å². The van der Waals surface area contributed by atoms with Gasteiger partial charge in [-0.25, -0.2) is 4.79 Å². The van der Waals surface area contributed by atoms with E-state index < -0.39 is 54.6 Å². The van der Waals surface area contributed by atoms with E-state index in [4.69, 9.17) is 22.3 Å². The molecule has 0 bridgehead atoms. The van der Waals surface area contributed by atoms with Crippen LogP contribution in [0.5, 0.6) is 0 Å². The first kappa shape index (κ1) is 23.3. The zero-order valence-electron chi connectivity index (χ0n) is 14.3. The van der Waals surface area contributed by atoms with E-state index >= 15 is 0 Å². The van der Waals surface area contributed by atoms with Crippen molar-refractivity contribution in [1.29, 1.82) is 0 Å². The smallest absolute Gasteiger partial charge is 0.326 e. The van der Waals surface area contributed by atoms with Crippen molar-refractivity contribution in [3.05, 3.63) is 0 Å². The number of nitrogens with one attached hydrogen (secondary N) is 3. The van der Waals surface area contributed by atoms with E-state index in [1.54, 1.807) is 0 Å². The van der Waals surface area contributed by atoms with Gasteiger partial charge in [0.1, 0.15) is 12.1 Å². The van der Waals surface area contributed by atoms with Crippen LogP contribution in [0.3, 0.4) is 0 Å². The summed E-state index contributed by atoms with van der Waals surface area (Å²) < 4.78 is 0. The number of hydrogen-bond acceptors (Lipinski definition) is 7. The number of primary amides is 1. The molecule has 26 heavy (non-hydrogen) atoms. The SMILES string of the molecule is NCCCCC(NC(=O)CN)C(=O)NCC(=O)NC(CC(N)=O)C(=O)O. The lowest BCUT2D eigenvalue weighted by Gasteiger charge is -2.18. The highest BCUT2D eigenvalue weighted by Gasteiger charge is 2.24. The first-order valence-electron chi connectivity index (χ1n) is 7.98. The van der Waals surface area contributed by atoms with Crippen molar-refractivity contribution >= 4 is 29.6 Å². The molecule has 0 aromatic heterocycles. The molecule has 4 amide bonds. The molecular weight excluding hydrogens is 348 g/mol. The summed E-state index contributed by atoms with van der Waals surface area (Å²) in [7, 11) is 0. The molecule has 0 heterocycles. The molecule has 0 spiro atoms. The lowest BCUT2D eigenvalue weighted by molar-refractivity contribution is -0.143. The Morgan fingerprint density at radius 2 is 1.54 bits per heavy atom. The monoisotopic (exact) mass is 374 g/mol. The molecule has 0 saturated heterocycles. The molecule has 10 N–H and O–H groups in total. The van der Waals surface area contributed by atoms with E-state index in [1.807, 2.05) is 0 Å². The van der Waals surface area contributed by atoms with Gasteiger partial charge in [-0.05, 0) is 25.8 Å². The van der Waals surface area contributed by atoms with E-state index in [0.29, 0.717) is 25.8 Å². The molecule has 148 valence electrons. The maximum Gasteiger partial charge on any atom is 0.326 e. The lowest BCUT2D eigenvalue weighted by Crippen LogP contribution is -2.52. The van der Waals surface area contributed by atoms with Gasteiger partial charge in [-0.1, -0.05) is 0 Å². The summed E-state index contributed by atoms with van der Waals surface area (Å²) in [4.78, 5) is 57.0. The van der Waals surface area contributed by atoms with Crippen LogP contribution in [0.4, 0.5) is 0 Å². The predicted octanol–water partition coefficient (Wildman–Crippen LogP) is -3.88. The highest BCUT2D eigenvalue weighted by atomic mass is 16.4. The number of hydrogen-bond donors (Lipinski definition) is 7. The van der Waals surface area contributed by atoms with Gasteiger partial charge in [0.25, 0.3) is 0 Å². The predicted molar refractivity (Wildman–Crippen MR) is 90.3 cm³/mol. The van der Waals surface area contributed by atoms with Gasteiger partial charge >= 0.3 is 5.97 Å². The molecule has 2 atom stereocenters. The Hall–Kier alpha value is -2.73. The third kappa shape index (κ3) is 10.2. The molecule has 0 aromatic carbocycles. The van der Waals surface area contributed by atoms with Crippen molar-refractivity contribution in [2.75, 3.05) is 19.6 Å². The van der Waals surface area contributed by atoms with E-state index in [-0.39, 0.29) is 6.54 Å². The molecule has 0 aliphatic heterocycles. The summed E-state index contributed by atoms with van der Waals surface area (Å²) in [5, 5.41) is 15.7. The standard InChI is InChI=1S/C14H26N6O6/c15-4-2-1-3-8(19-11(22)6-16)13(24)18-7-12(23)20-9(14(25)26)5-10(17)21/h8-9H,1-7,15-16H2,(H2,17,21)(H,18,24)(H,19,22)(H,20,23)(H,25,26). The highest BCUT2D eigenvalue weighted by molar-refractivity contribution is 5.92. The van der Waals surface area contributed by atoms with Crippen LogP contribution in [-0.4, -0.2) is 66.4 Å². The van der Waals surface area contributed by atoms with E-state index in [9.17, 15) is 24.0 Å². The summed E-state index contributed by atoms with van der Waals surface area (Å²) in [5.74, 6) is -4.31. The Bertz CT molecular complexity index is 526. The number of carboxylic acids is 1. The Labute approximate surface area is 150 Å². The summed E-state index contributed by atoms with van der Waals surface area (Å²) >= 11 is 0. The van der Waals surface area contributed by atoms with Crippen LogP contribution in [0.25, 0.3) is 0 Å². The molecule has 0 aromatic rings. The van der Waals surface area contributed by atoms with Gasteiger partial charge in [0.2, 0.25) is 23.6 Å². The molecule has 12 heteroatoms. The van der Waals surface area contributed by atoms with Gasteiger partial charge in [-0.2, -0.15) is 0 Å². The normalized spacial score (nSPS) is 12.5. The molecule has 0 radical (unpaired) electrons. The van der Waals surface area contributed by atoms with Crippen LogP contribution in [0.2, 0.25) is 0 Å². The number of amides is 4. The van der Waals surface area contributed by atoms with Gasteiger partial charge in [0.15, 0.2) is 0 Å². The molecule has 12 nitrogen and oxygen atoms in total. The molecule has 0 saturated carbocycles. The maximum absolute atomic E-state index is 12.1. The molecule has 0 aliphatic rings. The maximum atomic E-state index is 12.1. The van der Waals surface area contributed by atoms with Gasteiger partial charge in [-0.15, -0.1) is 0 Å². The Balaban J connectivity index is 4.61. The zero-order valence-corrected chi connectivity index (χ0v) is 14.3. The second-order valence-corrected chi connectivity index (χ2v) is 5.46. The second kappa shape index (κ2) is 12.6. The fourth-order valence-electron chi connectivity index (χ4n) is 1.95. The largest absolute Gasteiger partial charge is 0.480 e. The van der Waals surface area contributed by atoms with Gasteiger partial charge in [-0.3, -0.25) is 19.2 Å². The molecule has 0 fully saturated rings. The summed E-state index contributed by atoms with van der Waals surface area (Å²) in [6.45, 7) is -0.403. The van der Waals surface area contributed by atoms with Crippen molar-refractivity contribution in [1.82, 2.24) is 16.0 Å². The van der Waals surface area contributed by atoms with Crippen LogP contribution < -0.4 is 33.2 Å². The molecule has 0 aliphatic carbocycles. The molecule has 0 rings (SSSR count). The van der Waals surface area contributed by atoms with Crippen LogP contribution in [0.1, 0.15) is 25.7 Å². The lowest BCUT2D eigenvalue weighted by atomic mass is 10.1. The Morgan fingerprint density at radius 1 is 0.923 bits per heavy atom. The van der Waals surface area contributed by atoms with Crippen LogP contribution in [-0.2, 0) is 24.0 Å². The number of aliphatic carboxylic acids is 1. The minimum Gasteiger partial charge on any atom is -0.480 e. The second-order valence-electron chi connectivity index (χ2n) is 5.46. The fourth-order valence-corrected chi connectivity index (χ4v) is 1.95. The van der Waals surface area contributed by atoms with Crippen LogP contribution in [0.15, 0.2) is 0 Å². The van der Waals surface area contributed by atoms with E-state index in [0.717, 1.165) is 0 Å². The average molecular weight is 374 g/mol. The number of carbonyl (C=O) groups is 5. The van der Waals surface area contributed by atoms with Gasteiger partial charge < -0.3 is 38.3 Å². The number of nitrogens with two attached hydrogens (primary N) is 3. The average Bonchev–Trinajstić information content (AvgIpc) is 2.57. The first-order chi connectivity index (χ1) is 12.2. The minimum atomic E-state index is -1.49. The number of carboxylic acid groups (broad SMARTS) is 1. The zero-order chi connectivity index (χ0) is 20.1. The van der Waals surface area contributed by atoms with Crippen molar-refractivity contribution in [2.45, 2.75) is 37.8 Å². The quantitative estimate of drug-likeness (QED) is 0.158. The van der Waals surface area contributed by atoms with Crippen LogP contribution >= 0.6 is 0 Å². The third-order valence-corrected chi connectivity index (χ3v) is 3.25. The van der Waals surface area contributed by atoms with Gasteiger partial charge in [0.05, 0.1) is 19.5 Å². The van der Waals surface area contributed by atoms with Gasteiger partial charge in [0, 0.05) is 0 Å². The van der Waals surface area contributed by atoms with Crippen LogP contribution in [0, 0.1) is 0 Å². The van der Waals surface area contributed by atoms with Crippen molar-refractivity contribution in [2.24, 2.45) is 17.2 Å². The number of rotatable bonds is 13. The number of carbonyl (C=O) groups excluding carboxylic acids is 4. The summed E-state index contributed by atoms with van der Waals surface area (Å²) in [6, 6.07) is -2.39. The topological polar surface area (TPSA) is 220 Å². The molecule has 2 unspecified atom stereocenters. The van der Waals surface area contributed by atoms with Crippen molar-refractivity contribution in [3.63, 3.8) is 0 Å². The fraction of sp³-hybridized carbons (Fsp3) is 0.643. The Morgan fingerprint density at radius 3 is 2.04 bits per heavy atom. The molecular formula is C14H26N6O6.